The summed E-state index contributed by atoms with van der Waals surface area (Å²) >= 11 is 0. The van der Waals surface area contributed by atoms with Crippen LogP contribution in [0.15, 0.2) is 52.2 Å². The summed E-state index contributed by atoms with van der Waals surface area (Å²) in [5.74, 6) is -0.600. The van der Waals surface area contributed by atoms with Gasteiger partial charge in [0.05, 0.1) is 23.6 Å². The molecule has 2 amide bonds. The van der Waals surface area contributed by atoms with Gasteiger partial charge in [0.2, 0.25) is 17.6 Å². The van der Waals surface area contributed by atoms with Gasteiger partial charge in [-0.2, -0.15) is 0 Å². The van der Waals surface area contributed by atoms with Gasteiger partial charge in [-0.05, 0) is 56.7 Å². The molecule has 0 atom stereocenters. The lowest BCUT2D eigenvalue weighted by molar-refractivity contribution is -0.120. The van der Waals surface area contributed by atoms with Crippen molar-refractivity contribution in [3.8, 4) is 0 Å². The van der Waals surface area contributed by atoms with Crippen LogP contribution in [0.2, 0.25) is 0 Å². The van der Waals surface area contributed by atoms with Crippen LogP contribution in [0.3, 0.4) is 0 Å². The topological polar surface area (TPSA) is 99.7 Å². The summed E-state index contributed by atoms with van der Waals surface area (Å²) in [5.41, 5.74) is 3.80. The zero-order valence-corrected chi connectivity index (χ0v) is 16.0. The molecule has 0 unspecified atom stereocenters. The summed E-state index contributed by atoms with van der Waals surface area (Å²) in [6, 6.07) is 7.31. The molecule has 142 valence electrons. The largest absolute Gasteiger partial charge is 0.376 e. The molecule has 7 heteroatoms. The van der Waals surface area contributed by atoms with E-state index >= 15 is 0 Å². The lowest BCUT2D eigenvalue weighted by Gasteiger charge is -2.18. The lowest BCUT2D eigenvalue weighted by Crippen LogP contribution is -2.30. The Morgan fingerprint density at radius 2 is 1.78 bits per heavy atom. The van der Waals surface area contributed by atoms with E-state index in [-0.39, 0.29) is 29.8 Å². The van der Waals surface area contributed by atoms with Gasteiger partial charge in [0.1, 0.15) is 0 Å². The van der Waals surface area contributed by atoms with Crippen molar-refractivity contribution in [3.63, 3.8) is 0 Å². The number of anilines is 1. The van der Waals surface area contributed by atoms with Gasteiger partial charge in [0.15, 0.2) is 0 Å². The van der Waals surface area contributed by atoms with E-state index in [1.807, 2.05) is 38.1 Å². The van der Waals surface area contributed by atoms with Crippen molar-refractivity contribution in [2.45, 2.75) is 27.7 Å². The Morgan fingerprint density at radius 1 is 1.11 bits per heavy atom. The van der Waals surface area contributed by atoms with Crippen molar-refractivity contribution >= 4 is 34.7 Å². The van der Waals surface area contributed by atoms with Crippen molar-refractivity contribution in [2.24, 2.45) is 4.99 Å². The highest BCUT2D eigenvalue weighted by Crippen LogP contribution is 2.23. The van der Waals surface area contributed by atoms with Crippen LogP contribution in [-0.2, 0) is 14.4 Å². The fourth-order valence-electron chi connectivity index (χ4n) is 2.66. The molecule has 27 heavy (non-hydrogen) atoms. The van der Waals surface area contributed by atoms with E-state index in [0.717, 1.165) is 11.3 Å². The predicted octanol–water partition coefficient (Wildman–Crippen LogP) is 2.25. The van der Waals surface area contributed by atoms with Gasteiger partial charge in [-0.3, -0.25) is 14.4 Å². The number of benzene rings is 1. The number of rotatable bonds is 6. The molecule has 1 aliphatic carbocycles. The summed E-state index contributed by atoms with van der Waals surface area (Å²) in [6.07, 6.45) is 1.47. The third-order valence-corrected chi connectivity index (χ3v) is 3.93. The number of allylic oxidation sites excluding steroid dienone is 3. The smallest absolute Gasteiger partial charge is 0.239 e. The number of nitrogens with zero attached hydrogens (tertiary/aromatic N) is 1. The Morgan fingerprint density at radius 3 is 2.37 bits per heavy atom. The molecule has 0 saturated heterocycles. The van der Waals surface area contributed by atoms with Crippen LogP contribution in [0.1, 0.15) is 27.7 Å². The number of hydrogen-bond donors (Lipinski definition) is 3. The second-order valence-electron chi connectivity index (χ2n) is 6.19. The number of ketones is 1. The highest BCUT2D eigenvalue weighted by Gasteiger charge is 2.22. The average molecular weight is 368 g/mol. The second-order valence-corrected chi connectivity index (χ2v) is 6.19. The number of carbonyl (C=O) groups is 3. The molecule has 7 nitrogen and oxygen atoms in total. The standard InChI is InChI=1S/C20H24N4O3/c1-5-21-18(27)11-22-15-6-8-16(9-7-15)24-19-12(2)10-17(26)20(13(19)3)23-14(4)25/h6-10,22H,5,11H2,1-4H3,(H,21,27)(H,23,25). The van der Waals surface area contributed by atoms with Gasteiger partial charge in [0, 0.05) is 24.7 Å². The van der Waals surface area contributed by atoms with Crippen LogP contribution in [0.4, 0.5) is 11.4 Å². The van der Waals surface area contributed by atoms with Crippen molar-refractivity contribution in [2.75, 3.05) is 18.4 Å². The molecule has 1 aromatic rings. The van der Waals surface area contributed by atoms with E-state index in [2.05, 4.69) is 20.9 Å². The molecule has 3 N–H and O–H groups in total. The maximum atomic E-state index is 12.1. The summed E-state index contributed by atoms with van der Waals surface area (Å²) in [6.45, 7) is 7.61. The van der Waals surface area contributed by atoms with Crippen LogP contribution < -0.4 is 16.0 Å². The molecule has 2 rings (SSSR count). The Kier molecular flexibility index (Phi) is 6.65. The lowest BCUT2D eigenvalue weighted by atomic mass is 9.94. The molecule has 0 spiro atoms. The summed E-state index contributed by atoms with van der Waals surface area (Å²) in [4.78, 5) is 39.6. The number of nitrogens with one attached hydrogen (secondary N) is 3. The Balaban J connectivity index is 2.20. The summed E-state index contributed by atoms with van der Waals surface area (Å²) in [7, 11) is 0. The van der Waals surface area contributed by atoms with Crippen LogP contribution >= 0.6 is 0 Å². The first-order valence-corrected chi connectivity index (χ1v) is 8.73. The second kappa shape index (κ2) is 8.93. The normalized spacial score (nSPS) is 15.5. The highest BCUT2D eigenvalue weighted by atomic mass is 16.2. The minimum absolute atomic E-state index is 0.0688. The minimum Gasteiger partial charge on any atom is -0.376 e. The summed E-state index contributed by atoms with van der Waals surface area (Å²) in [5, 5.41) is 8.34. The Hall–Kier alpha value is -3.22. The van der Waals surface area contributed by atoms with E-state index in [1.165, 1.54) is 13.0 Å². The number of aliphatic imine (C=N–C) groups is 1. The first-order valence-electron chi connectivity index (χ1n) is 8.73. The minimum atomic E-state index is -0.299. The fourth-order valence-corrected chi connectivity index (χ4v) is 2.66. The van der Waals surface area contributed by atoms with E-state index in [1.54, 1.807) is 6.92 Å². The molecule has 0 fully saturated rings. The molecular formula is C20H24N4O3. The first kappa shape index (κ1) is 20.1. The van der Waals surface area contributed by atoms with E-state index in [4.69, 9.17) is 0 Å². The van der Waals surface area contributed by atoms with Crippen molar-refractivity contribution < 1.29 is 14.4 Å². The van der Waals surface area contributed by atoms with Gasteiger partial charge in [-0.15, -0.1) is 0 Å². The monoisotopic (exact) mass is 368 g/mol. The van der Waals surface area contributed by atoms with E-state index in [9.17, 15) is 14.4 Å². The average Bonchev–Trinajstić information content (AvgIpc) is 2.61. The SMILES string of the molecule is CCNC(=O)CNc1ccc(N=C2C(C)=CC(=O)C(NC(C)=O)=C2C)cc1. The Bertz CT molecular complexity index is 848. The Labute approximate surface area is 158 Å². The summed E-state index contributed by atoms with van der Waals surface area (Å²) < 4.78 is 0. The highest BCUT2D eigenvalue weighted by molar-refractivity contribution is 6.25. The zero-order chi connectivity index (χ0) is 20.0. The molecule has 0 saturated carbocycles. The number of likely N-dealkylation sites (N-methyl/N-ethyl adjacent to an activating group) is 1. The third kappa shape index (κ3) is 5.37. The molecule has 0 aromatic heterocycles. The molecule has 1 aromatic carbocycles. The van der Waals surface area contributed by atoms with Crippen molar-refractivity contribution in [1.82, 2.24) is 10.6 Å². The van der Waals surface area contributed by atoms with Crippen LogP contribution in [0, 0.1) is 0 Å². The molecule has 0 radical (unpaired) electrons. The molecular weight excluding hydrogens is 344 g/mol. The fraction of sp³-hybridized carbons (Fsp3) is 0.300. The van der Waals surface area contributed by atoms with E-state index in [0.29, 0.717) is 23.5 Å². The maximum absolute atomic E-state index is 12.1. The van der Waals surface area contributed by atoms with Crippen molar-refractivity contribution in [1.29, 1.82) is 0 Å². The van der Waals surface area contributed by atoms with Gasteiger partial charge in [-0.25, -0.2) is 4.99 Å². The molecule has 0 heterocycles. The van der Waals surface area contributed by atoms with Gasteiger partial charge < -0.3 is 16.0 Å². The van der Waals surface area contributed by atoms with Crippen molar-refractivity contribution in [3.05, 3.63) is 47.2 Å². The number of carbonyl (C=O) groups excluding carboxylic acids is 3. The molecule has 0 aliphatic heterocycles. The van der Waals surface area contributed by atoms with Crippen LogP contribution in [-0.4, -0.2) is 36.4 Å². The predicted molar refractivity (Wildman–Crippen MR) is 106 cm³/mol. The quantitative estimate of drug-likeness (QED) is 0.671. The first-order chi connectivity index (χ1) is 12.8. The van der Waals surface area contributed by atoms with Gasteiger partial charge in [0.25, 0.3) is 0 Å². The number of hydrogen-bond acceptors (Lipinski definition) is 5. The van der Waals surface area contributed by atoms with Crippen LogP contribution in [0.25, 0.3) is 0 Å². The van der Waals surface area contributed by atoms with Gasteiger partial charge in [-0.1, -0.05) is 0 Å². The molecule has 1 aliphatic rings. The number of amides is 2. The third-order valence-electron chi connectivity index (χ3n) is 3.93. The molecule has 0 bridgehead atoms. The van der Waals surface area contributed by atoms with Gasteiger partial charge >= 0.3 is 0 Å². The van der Waals surface area contributed by atoms with E-state index < -0.39 is 0 Å². The zero-order valence-electron chi connectivity index (χ0n) is 16.0. The maximum Gasteiger partial charge on any atom is 0.239 e. The van der Waals surface area contributed by atoms with Crippen LogP contribution in [0.5, 0.6) is 0 Å².